The summed E-state index contributed by atoms with van der Waals surface area (Å²) in [6.45, 7) is 0. The minimum absolute atomic E-state index is 0.806. The SMILES string of the molecule is CO[Si](CCc1ccccc1)(OC)OC.CO[Si](CCc1ccccc1)(OC)OC. The standard InChI is InChI=1S/2C11H18O3Si/c2*1-12-15(13-2,14-3)10-9-11-7-5-4-6-8-11/h2*4-8H,9-10H2,1-3H3. The van der Waals surface area contributed by atoms with Crippen LogP contribution in [-0.2, 0) is 39.4 Å². The van der Waals surface area contributed by atoms with Crippen LogP contribution in [0.3, 0.4) is 0 Å². The van der Waals surface area contributed by atoms with Crippen LogP contribution in [0.2, 0.25) is 12.1 Å². The Morgan fingerprint density at radius 1 is 0.467 bits per heavy atom. The molecule has 30 heavy (non-hydrogen) atoms. The maximum Gasteiger partial charge on any atom is 0.500 e. The second-order valence-corrected chi connectivity index (χ2v) is 12.7. The summed E-state index contributed by atoms with van der Waals surface area (Å²) in [6.07, 6.45) is 1.84. The van der Waals surface area contributed by atoms with Gasteiger partial charge in [-0.3, -0.25) is 0 Å². The highest BCUT2D eigenvalue weighted by molar-refractivity contribution is 6.60. The van der Waals surface area contributed by atoms with Crippen molar-refractivity contribution in [1.29, 1.82) is 0 Å². The fourth-order valence-corrected chi connectivity index (χ4v) is 6.41. The lowest BCUT2D eigenvalue weighted by Crippen LogP contribution is -2.43. The van der Waals surface area contributed by atoms with Crippen LogP contribution in [0.15, 0.2) is 60.7 Å². The lowest BCUT2D eigenvalue weighted by molar-refractivity contribution is 0.123. The van der Waals surface area contributed by atoms with Gasteiger partial charge in [-0.25, -0.2) is 0 Å². The molecule has 0 atom stereocenters. The highest BCUT2D eigenvalue weighted by atomic mass is 28.4. The molecule has 0 bridgehead atoms. The first-order valence-corrected chi connectivity index (χ1v) is 13.8. The van der Waals surface area contributed by atoms with Gasteiger partial charge in [0.05, 0.1) is 0 Å². The van der Waals surface area contributed by atoms with E-state index in [0.29, 0.717) is 0 Å². The van der Waals surface area contributed by atoms with Crippen molar-refractivity contribution in [3.05, 3.63) is 71.8 Å². The second-order valence-electron chi connectivity index (χ2n) is 6.56. The Bertz CT molecular complexity index is 588. The molecule has 0 aromatic heterocycles. The van der Waals surface area contributed by atoms with Gasteiger partial charge in [0.1, 0.15) is 0 Å². The van der Waals surface area contributed by atoms with Gasteiger partial charge in [-0.1, -0.05) is 60.7 Å². The predicted molar refractivity (Wildman–Crippen MR) is 123 cm³/mol. The van der Waals surface area contributed by atoms with E-state index in [2.05, 4.69) is 24.3 Å². The molecule has 2 aromatic carbocycles. The first kappa shape index (κ1) is 26.7. The van der Waals surface area contributed by atoms with Crippen LogP contribution in [-0.4, -0.2) is 60.3 Å². The summed E-state index contributed by atoms with van der Waals surface area (Å²) < 4.78 is 32.1. The molecule has 0 aliphatic rings. The molecule has 168 valence electrons. The van der Waals surface area contributed by atoms with Gasteiger partial charge in [-0.2, -0.15) is 0 Å². The smallest absolute Gasteiger partial charge is 0.377 e. The van der Waals surface area contributed by atoms with Crippen LogP contribution in [0.5, 0.6) is 0 Å². The number of hydrogen-bond acceptors (Lipinski definition) is 6. The topological polar surface area (TPSA) is 55.4 Å². The fourth-order valence-electron chi connectivity index (χ4n) is 3.00. The molecule has 0 aliphatic heterocycles. The lowest BCUT2D eigenvalue weighted by Gasteiger charge is -2.24. The molecule has 0 saturated heterocycles. The average molecular weight is 453 g/mol. The summed E-state index contributed by atoms with van der Waals surface area (Å²) in [5.74, 6) is 0. The number of aryl methyl sites for hydroxylation is 2. The summed E-state index contributed by atoms with van der Waals surface area (Å²) >= 11 is 0. The van der Waals surface area contributed by atoms with Crippen LogP contribution in [0.25, 0.3) is 0 Å². The molecule has 6 nitrogen and oxygen atoms in total. The van der Waals surface area contributed by atoms with Gasteiger partial charge in [0, 0.05) is 54.7 Å². The second kappa shape index (κ2) is 14.6. The van der Waals surface area contributed by atoms with Gasteiger partial charge in [-0.05, 0) is 24.0 Å². The average Bonchev–Trinajstić information content (AvgIpc) is 2.83. The number of hydrogen-bond donors (Lipinski definition) is 0. The van der Waals surface area contributed by atoms with Gasteiger partial charge in [-0.15, -0.1) is 0 Å². The van der Waals surface area contributed by atoms with E-state index in [0.717, 1.165) is 24.9 Å². The maximum atomic E-state index is 5.35. The minimum Gasteiger partial charge on any atom is -0.377 e. The summed E-state index contributed by atoms with van der Waals surface area (Å²) in [5, 5.41) is 0. The van der Waals surface area contributed by atoms with Crippen molar-refractivity contribution < 1.29 is 26.6 Å². The van der Waals surface area contributed by atoms with Gasteiger partial charge in [0.25, 0.3) is 0 Å². The van der Waals surface area contributed by atoms with Crippen LogP contribution in [0, 0.1) is 0 Å². The van der Waals surface area contributed by atoms with Crippen LogP contribution in [0.1, 0.15) is 11.1 Å². The molecular formula is C22H36O6Si2. The lowest BCUT2D eigenvalue weighted by atomic mass is 10.2. The zero-order chi connectivity index (χ0) is 22.3. The van der Waals surface area contributed by atoms with Crippen molar-refractivity contribution >= 4 is 17.6 Å². The Morgan fingerprint density at radius 2 is 0.733 bits per heavy atom. The molecule has 0 amide bonds. The van der Waals surface area contributed by atoms with Gasteiger partial charge >= 0.3 is 17.6 Å². The molecule has 2 rings (SSSR count). The quantitative estimate of drug-likeness (QED) is 0.450. The Morgan fingerprint density at radius 3 is 0.967 bits per heavy atom. The summed E-state index contributed by atoms with van der Waals surface area (Å²) in [7, 11) is 5.06. The molecule has 0 fully saturated rings. The third-order valence-electron chi connectivity index (χ3n) is 4.99. The van der Waals surface area contributed by atoms with E-state index in [9.17, 15) is 0 Å². The molecule has 0 spiro atoms. The van der Waals surface area contributed by atoms with Crippen molar-refractivity contribution in [3.8, 4) is 0 Å². The van der Waals surface area contributed by atoms with Crippen molar-refractivity contribution in [2.24, 2.45) is 0 Å². The largest absolute Gasteiger partial charge is 0.500 e. The van der Waals surface area contributed by atoms with E-state index in [-0.39, 0.29) is 0 Å². The van der Waals surface area contributed by atoms with Crippen molar-refractivity contribution in [2.45, 2.75) is 24.9 Å². The number of benzene rings is 2. The monoisotopic (exact) mass is 452 g/mol. The molecule has 8 heteroatoms. The van der Waals surface area contributed by atoms with E-state index < -0.39 is 17.6 Å². The Kier molecular flexibility index (Phi) is 13.0. The molecule has 0 radical (unpaired) electrons. The molecular weight excluding hydrogens is 416 g/mol. The first-order chi connectivity index (χ1) is 14.5. The van der Waals surface area contributed by atoms with Crippen molar-refractivity contribution in [3.63, 3.8) is 0 Å². The third-order valence-corrected chi connectivity index (χ3v) is 10.4. The number of rotatable bonds is 12. The van der Waals surface area contributed by atoms with Crippen LogP contribution < -0.4 is 0 Å². The van der Waals surface area contributed by atoms with E-state index in [4.69, 9.17) is 26.6 Å². The van der Waals surface area contributed by atoms with Gasteiger partial charge in [0.2, 0.25) is 0 Å². The zero-order valence-corrected chi connectivity index (χ0v) is 21.1. The van der Waals surface area contributed by atoms with Crippen LogP contribution in [0.4, 0.5) is 0 Å². The molecule has 0 aliphatic carbocycles. The summed E-state index contributed by atoms with van der Waals surface area (Å²) in [4.78, 5) is 0. The third kappa shape index (κ3) is 8.78. The minimum atomic E-state index is -2.40. The van der Waals surface area contributed by atoms with Crippen LogP contribution >= 0.6 is 0 Å². The fraction of sp³-hybridized carbons (Fsp3) is 0.455. The van der Waals surface area contributed by atoms with Gasteiger partial charge < -0.3 is 26.6 Å². The van der Waals surface area contributed by atoms with E-state index in [1.54, 1.807) is 42.7 Å². The first-order valence-electron chi connectivity index (χ1n) is 9.91. The maximum absolute atomic E-state index is 5.35. The zero-order valence-electron chi connectivity index (χ0n) is 19.1. The highest BCUT2D eigenvalue weighted by Crippen LogP contribution is 2.17. The molecule has 0 saturated carbocycles. The van der Waals surface area contributed by atoms with E-state index >= 15 is 0 Å². The van der Waals surface area contributed by atoms with Gasteiger partial charge in [0.15, 0.2) is 0 Å². The normalized spacial score (nSPS) is 11.7. The van der Waals surface area contributed by atoms with E-state index in [1.165, 1.54) is 11.1 Å². The molecule has 0 heterocycles. The van der Waals surface area contributed by atoms with E-state index in [1.807, 2.05) is 36.4 Å². The highest BCUT2D eigenvalue weighted by Gasteiger charge is 2.37. The van der Waals surface area contributed by atoms with Crippen molar-refractivity contribution in [2.75, 3.05) is 42.7 Å². The van der Waals surface area contributed by atoms with Crippen molar-refractivity contribution in [1.82, 2.24) is 0 Å². The Hall–Kier alpha value is -1.37. The summed E-state index contributed by atoms with van der Waals surface area (Å²) in [5.41, 5.74) is 2.56. The molecule has 2 aromatic rings. The Labute approximate surface area is 183 Å². The Balaban J connectivity index is 0.000000300. The molecule has 0 unspecified atom stereocenters. The molecule has 0 N–H and O–H groups in total. The predicted octanol–water partition coefficient (Wildman–Crippen LogP) is 4.21. The summed E-state index contributed by atoms with van der Waals surface area (Å²) in [6, 6.07) is 22.2.